The SMILES string of the molecule is COc1ccc(C(C[C@H]2c3c(cc4c(c3OC)OCO4)CCN2C)=NO)cc1OC. The molecule has 1 N–H and O–H groups in total. The summed E-state index contributed by atoms with van der Waals surface area (Å²) in [5.74, 6) is 3.22. The Balaban J connectivity index is 1.73. The van der Waals surface area contributed by atoms with Crippen LogP contribution in [0.1, 0.15) is 29.2 Å². The van der Waals surface area contributed by atoms with Crippen molar-refractivity contribution in [1.29, 1.82) is 0 Å². The summed E-state index contributed by atoms with van der Waals surface area (Å²) in [5.41, 5.74) is 3.50. The summed E-state index contributed by atoms with van der Waals surface area (Å²) in [4.78, 5) is 2.24. The highest BCUT2D eigenvalue weighted by molar-refractivity contribution is 6.01. The van der Waals surface area contributed by atoms with E-state index in [0.29, 0.717) is 40.9 Å². The number of fused-ring (bicyclic) bond motifs is 2. The molecule has 0 spiro atoms. The zero-order chi connectivity index (χ0) is 21.3. The van der Waals surface area contributed by atoms with E-state index in [4.69, 9.17) is 23.7 Å². The number of ether oxygens (including phenoxy) is 5. The molecule has 0 aromatic heterocycles. The van der Waals surface area contributed by atoms with Crippen LogP contribution in [0.3, 0.4) is 0 Å². The summed E-state index contributed by atoms with van der Waals surface area (Å²) >= 11 is 0. The monoisotopic (exact) mass is 414 g/mol. The largest absolute Gasteiger partial charge is 0.493 e. The summed E-state index contributed by atoms with van der Waals surface area (Å²) in [6.45, 7) is 1.05. The second-order valence-corrected chi connectivity index (χ2v) is 7.28. The highest BCUT2D eigenvalue weighted by atomic mass is 16.7. The molecule has 2 aromatic rings. The molecule has 2 aliphatic rings. The predicted molar refractivity (Wildman–Crippen MR) is 111 cm³/mol. The van der Waals surface area contributed by atoms with Crippen molar-refractivity contribution in [2.45, 2.75) is 18.9 Å². The van der Waals surface area contributed by atoms with E-state index in [0.717, 1.165) is 29.7 Å². The van der Waals surface area contributed by atoms with Gasteiger partial charge in [0.25, 0.3) is 0 Å². The summed E-state index contributed by atoms with van der Waals surface area (Å²) in [6.07, 6.45) is 1.35. The van der Waals surface area contributed by atoms with Gasteiger partial charge < -0.3 is 28.9 Å². The third kappa shape index (κ3) is 3.37. The van der Waals surface area contributed by atoms with Gasteiger partial charge in [-0.05, 0) is 43.3 Å². The standard InChI is InChI=1S/C22H26N2O6/c1-24-8-7-14-10-19-21(30-12-29-19)22(28-4)20(14)16(24)11-15(23-25)13-5-6-17(26-2)18(9-13)27-3/h5-6,9-10,16,25H,7-8,11-12H2,1-4H3/t16-/m0/s1. The minimum atomic E-state index is -0.0582. The zero-order valence-electron chi connectivity index (χ0n) is 17.6. The Hall–Kier alpha value is -3.13. The average molecular weight is 414 g/mol. The van der Waals surface area contributed by atoms with E-state index in [2.05, 4.69) is 17.1 Å². The lowest BCUT2D eigenvalue weighted by atomic mass is 9.87. The molecule has 2 aromatic carbocycles. The van der Waals surface area contributed by atoms with Gasteiger partial charge in [-0.2, -0.15) is 0 Å². The quantitative estimate of drug-likeness (QED) is 0.441. The van der Waals surface area contributed by atoms with Crippen molar-refractivity contribution >= 4 is 5.71 Å². The van der Waals surface area contributed by atoms with Crippen molar-refractivity contribution in [1.82, 2.24) is 4.90 Å². The molecule has 0 amide bonds. The van der Waals surface area contributed by atoms with Gasteiger partial charge in [-0.15, -0.1) is 0 Å². The maximum Gasteiger partial charge on any atom is 0.231 e. The molecule has 2 aliphatic heterocycles. The lowest BCUT2D eigenvalue weighted by Gasteiger charge is -2.36. The van der Waals surface area contributed by atoms with Crippen molar-refractivity contribution in [2.24, 2.45) is 5.16 Å². The van der Waals surface area contributed by atoms with Gasteiger partial charge in [-0.3, -0.25) is 4.90 Å². The number of likely N-dealkylation sites (N-methyl/N-ethyl adjacent to an activating group) is 1. The Morgan fingerprint density at radius 2 is 1.93 bits per heavy atom. The molecule has 0 saturated carbocycles. The molecular formula is C22H26N2O6. The summed E-state index contributed by atoms with van der Waals surface area (Å²) in [6, 6.07) is 7.45. The van der Waals surface area contributed by atoms with Gasteiger partial charge in [-0.1, -0.05) is 5.16 Å². The third-order valence-corrected chi connectivity index (χ3v) is 5.77. The van der Waals surface area contributed by atoms with Gasteiger partial charge in [0.2, 0.25) is 12.5 Å². The number of rotatable bonds is 6. The van der Waals surface area contributed by atoms with E-state index < -0.39 is 0 Å². The van der Waals surface area contributed by atoms with E-state index in [1.165, 1.54) is 0 Å². The minimum absolute atomic E-state index is 0.0582. The van der Waals surface area contributed by atoms with Crippen molar-refractivity contribution in [2.75, 3.05) is 41.7 Å². The zero-order valence-corrected chi connectivity index (χ0v) is 17.6. The molecule has 0 fully saturated rings. The number of oxime groups is 1. The van der Waals surface area contributed by atoms with Crippen LogP contribution in [0.5, 0.6) is 28.7 Å². The normalized spacial score (nSPS) is 18.1. The van der Waals surface area contributed by atoms with E-state index in [9.17, 15) is 5.21 Å². The van der Waals surface area contributed by atoms with Crippen LogP contribution in [0.15, 0.2) is 29.4 Å². The van der Waals surface area contributed by atoms with E-state index in [1.54, 1.807) is 27.4 Å². The van der Waals surface area contributed by atoms with E-state index in [-0.39, 0.29) is 12.8 Å². The topological polar surface area (TPSA) is 82.0 Å². The molecule has 0 saturated heterocycles. The predicted octanol–water partition coefficient (Wildman–Crippen LogP) is 3.24. The Labute approximate surface area is 175 Å². The molecule has 4 rings (SSSR count). The highest BCUT2D eigenvalue weighted by Gasteiger charge is 2.35. The molecule has 0 radical (unpaired) electrons. The van der Waals surface area contributed by atoms with Crippen LogP contribution in [0.4, 0.5) is 0 Å². The van der Waals surface area contributed by atoms with E-state index in [1.807, 2.05) is 18.2 Å². The molecule has 0 bridgehead atoms. The molecule has 0 unspecified atom stereocenters. The Kier molecular flexibility index (Phi) is 5.59. The lowest BCUT2D eigenvalue weighted by Crippen LogP contribution is -2.34. The fraction of sp³-hybridized carbons (Fsp3) is 0.409. The van der Waals surface area contributed by atoms with Crippen LogP contribution in [-0.2, 0) is 6.42 Å². The molecule has 8 nitrogen and oxygen atoms in total. The number of hydrogen-bond donors (Lipinski definition) is 1. The van der Waals surface area contributed by atoms with Crippen LogP contribution in [0.2, 0.25) is 0 Å². The molecule has 30 heavy (non-hydrogen) atoms. The van der Waals surface area contributed by atoms with Crippen molar-refractivity contribution in [3.05, 3.63) is 41.0 Å². The fourth-order valence-electron chi connectivity index (χ4n) is 4.20. The van der Waals surface area contributed by atoms with Gasteiger partial charge in [0.15, 0.2) is 23.0 Å². The fourth-order valence-corrected chi connectivity index (χ4v) is 4.20. The van der Waals surface area contributed by atoms with Crippen LogP contribution >= 0.6 is 0 Å². The smallest absolute Gasteiger partial charge is 0.231 e. The first kappa shape index (κ1) is 20.2. The van der Waals surface area contributed by atoms with Crippen molar-refractivity contribution < 1.29 is 28.9 Å². The van der Waals surface area contributed by atoms with Gasteiger partial charge in [0, 0.05) is 30.1 Å². The number of hydrogen-bond acceptors (Lipinski definition) is 8. The second-order valence-electron chi connectivity index (χ2n) is 7.28. The Morgan fingerprint density at radius 3 is 2.63 bits per heavy atom. The maximum absolute atomic E-state index is 9.84. The molecular weight excluding hydrogens is 388 g/mol. The Morgan fingerprint density at radius 1 is 1.13 bits per heavy atom. The molecule has 8 heteroatoms. The van der Waals surface area contributed by atoms with Crippen molar-refractivity contribution in [3.8, 4) is 28.7 Å². The third-order valence-electron chi connectivity index (χ3n) is 5.77. The first-order valence-electron chi connectivity index (χ1n) is 9.74. The first-order chi connectivity index (χ1) is 14.6. The summed E-state index contributed by atoms with van der Waals surface area (Å²) in [7, 11) is 6.86. The van der Waals surface area contributed by atoms with Crippen LogP contribution in [0, 0.1) is 0 Å². The highest BCUT2D eigenvalue weighted by Crippen LogP contribution is 2.50. The maximum atomic E-state index is 9.84. The van der Waals surface area contributed by atoms with Gasteiger partial charge in [-0.25, -0.2) is 0 Å². The molecule has 160 valence electrons. The van der Waals surface area contributed by atoms with Gasteiger partial charge in [0.1, 0.15) is 0 Å². The molecule has 1 atom stereocenters. The summed E-state index contributed by atoms with van der Waals surface area (Å²) in [5, 5.41) is 13.5. The number of benzene rings is 2. The van der Waals surface area contributed by atoms with E-state index >= 15 is 0 Å². The second kappa shape index (κ2) is 8.31. The van der Waals surface area contributed by atoms with Crippen LogP contribution < -0.4 is 23.7 Å². The summed E-state index contributed by atoms with van der Waals surface area (Å²) < 4.78 is 27.7. The molecule has 0 aliphatic carbocycles. The van der Waals surface area contributed by atoms with Crippen LogP contribution in [-0.4, -0.2) is 57.5 Å². The van der Waals surface area contributed by atoms with Gasteiger partial charge in [0.05, 0.1) is 27.0 Å². The minimum Gasteiger partial charge on any atom is -0.493 e. The Bertz CT molecular complexity index is 975. The van der Waals surface area contributed by atoms with Crippen molar-refractivity contribution in [3.63, 3.8) is 0 Å². The molecule has 2 heterocycles. The van der Waals surface area contributed by atoms with Crippen LogP contribution in [0.25, 0.3) is 0 Å². The first-order valence-corrected chi connectivity index (χ1v) is 9.74. The lowest BCUT2D eigenvalue weighted by molar-refractivity contribution is 0.170. The van der Waals surface area contributed by atoms with Gasteiger partial charge >= 0.3 is 0 Å². The number of methoxy groups -OCH3 is 3. The average Bonchev–Trinajstić information content (AvgIpc) is 3.25. The number of nitrogens with zero attached hydrogens (tertiary/aromatic N) is 2.